The van der Waals surface area contributed by atoms with Gasteiger partial charge in [0.25, 0.3) is 0 Å². The second-order valence-corrected chi connectivity index (χ2v) is 8.14. The van der Waals surface area contributed by atoms with Crippen LogP contribution < -0.4 is 0 Å². The molecule has 0 unspecified atom stereocenters. The molecule has 0 spiro atoms. The summed E-state index contributed by atoms with van der Waals surface area (Å²) in [6, 6.07) is 6.70. The van der Waals surface area contributed by atoms with Gasteiger partial charge < -0.3 is 4.90 Å². The summed E-state index contributed by atoms with van der Waals surface area (Å²) in [7, 11) is 0. The van der Waals surface area contributed by atoms with Gasteiger partial charge in [0.15, 0.2) is 0 Å². The molecule has 1 aromatic rings. The topological polar surface area (TPSA) is 23.6 Å². The van der Waals surface area contributed by atoms with E-state index in [-0.39, 0.29) is 5.92 Å². The van der Waals surface area contributed by atoms with Crippen molar-refractivity contribution in [1.82, 2.24) is 9.80 Å². The van der Waals surface area contributed by atoms with Crippen LogP contribution in [0.4, 0.5) is 0 Å². The number of amides is 1. The van der Waals surface area contributed by atoms with Crippen molar-refractivity contribution in [3.05, 3.63) is 34.9 Å². The van der Waals surface area contributed by atoms with Crippen LogP contribution in [0.15, 0.2) is 18.2 Å². The van der Waals surface area contributed by atoms with E-state index in [2.05, 4.69) is 41.8 Å². The van der Waals surface area contributed by atoms with Gasteiger partial charge in [-0.1, -0.05) is 23.8 Å². The highest BCUT2D eigenvalue weighted by molar-refractivity contribution is 7.99. The maximum Gasteiger partial charge on any atom is 0.225 e. The first-order valence-corrected chi connectivity index (χ1v) is 9.94. The van der Waals surface area contributed by atoms with E-state index in [1.807, 2.05) is 11.8 Å². The van der Waals surface area contributed by atoms with E-state index in [0.717, 1.165) is 57.1 Å². The normalized spacial score (nSPS) is 20.7. The third-order valence-corrected chi connectivity index (χ3v) is 6.10. The Morgan fingerprint density at radius 2 is 1.83 bits per heavy atom. The SMILES string of the molecule is Cc1ccc(C)c(CN2CCC(C(=O)N3CCSCC3)CC2)c1. The second-order valence-electron chi connectivity index (χ2n) is 6.92. The minimum atomic E-state index is 0.257. The summed E-state index contributed by atoms with van der Waals surface area (Å²) >= 11 is 1.96. The predicted octanol–water partition coefficient (Wildman–Crippen LogP) is 3.09. The average molecular weight is 333 g/mol. The van der Waals surface area contributed by atoms with Crippen LogP contribution in [0.5, 0.6) is 0 Å². The number of hydrogen-bond donors (Lipinski definition) is 0. The van der Waals surface area contributed by atoms with E-state index < -0.39 is 0 Å². The van der Waals surface area contributed by atoms with E-state index in [0.29, 0.717) is 5.91 Å². The highest BCUT2D eigenvalue weighted by Gasteiger charge is 2.29. The summed E-state index contributed by atoms with van der Waals surface area (Å²) in [5.41, 5.74) is 4.14. The minimum Gasteiger partial charge on any atom is -0.341 e. The van der Waals surface area contributed by atoms with Gasteiger partial charge in [-0.15, -0.1) is 0 Å². The third kappa shape index (κ3) is 4.30. The highest BCUT2D eigenvalue weighted by atomic mass is 32.2. The molecule has 2 aliphatic rings. The van der Waals surface area contributed by atoms with Crippen LogP contribution in [-0.2, 0) is 11.3 Å². The molecule has 0 N–H and O–H groups in total. The number of aryl methyl sites for hydroxylation is 2. The fourth-order valence-electron chi connectivity index (χ4n) is 3.59. The minimum absolute atomic E-state index is 0.257. The molecule has 0 aliphatic carbocycles. The van der Waals surface area contributed by atoms with E-state index in [1.54, 1.807) is 0 Å². The first-order chi connectivity index (χ1) is 11.1. The molecule has 23 heavy (non-hydrogen) atoms. The van der Waals surface area contributed by atoms with Gasteiger partial charge in [-0.05, 0) is 50.9 Å². The van der Waals surface area contributed by atoms with Crippen molar-refractivity contribution >= 4 is 17.7 Å². The number of carbonyl (C=O) groups excluding carboxylic acids is 1. The molecule has 126 valence electrons. The third-order valence-electron chi connectivity index (χ3n) is 5.16. The molecule has 2 heterocycles. The molecule has 3 nitrogen and oxygen atoms in total. The monoisotopic (exact) mass is 332 g/mol. The standard InChI is InChI=1S/C19H28N2OS/c1-15-3-4-16(2)18(13-15)14-20-7-5-17(6-8-20)19(22)21-9-11-23-12-10-21/h3-4,13,17H,5-12,14H2,1-2H3. The zero-order valence-corrected chi connectivity index (χ0v) is 15.2. The van der Waals surface area contributed by atoms with E-state index in [4.69, 9.17) is 0 Å². The van der Waals surface area contributed by atoms with Gasteiger partial charge in [0.2, 0.25) is 5.91 Å². The molecule has 2 saturated heterocycles. The zero-order chi connectivity index (χ0) is 16.2. The lowest BCUT2D eigenvalue weighted by Gasteiger charge is -2.35. The number of hydrogen-bond acceptors (Lipinski definition) is 3. The first kappa shape index (κ1) is 16.8. The van der Waals surface area contributed by atoms with Crippen LogP contribution in [0.25, 0.3) is 0 Å². The Labute approximate surface area is 144 Å². The summed E-state index contributed by atoms with van der Waals surface area (Å²) in [5.74, 6) is 2.89. The molecule has 1 amide bonds. The summed E-state index contributed by atoms with van der Waals surface area (Å²) < 4.78 is 0. The van der Waals surface area contributed by atoms with Crippen LogP contribution in [0.3, 0.4) is 0 Å². The van der Waals surface area contributed by atoms with Gasteiger partial charge in [0.1, 0.15) is 0 Å². The van der Waals surface area contributed by atoms with Crippen LogP contribution in [0.2, 0.25) is 0 Å². The number of likely N-dealkylation sites (tertiary alicyclic amines) is 1. The van der Waals surface area contributed by atoms with Crippen molar-refractivity contribution in [2.45, 2.75) is 33.2 Å². The number of thioether (sulfide) groups is 1. The number of benzene rings is 1. The Balaban J connectivity index is 1.52. The van der Waals surface area contributed by atoms with Gasteiger partial charge in [-0.3, -0.25) is 9.69 Å². The van der Waals surface area contributed by atoms with Crippen LogP contribution >= 0.6 is 11.8 Å². The Kier molecular flexibility index (Phi) is 5.65. The number of rotatable bonds is 3. The second kappa shape index (κ2) is 7.71. The van der Waals surface area contributed by atoms with E-state index in [9.17, 15) is 4.79 Å². The highest BCUT2D eigenvalue weighted by Crippen LogP contribution is 2.23. The molecule has 3 rings (SSSR count). The average Bonchev–Trinajstić information content (AvgIpc) is 2.59. The van der Waals surface area contributed by atoms with Gasteiger partial charge in [0.05, 0.1) is 0 Å². The van der Waals surface area contributed by atoms with Crippen molar-refractivity contribution in [2.75, 3.05) is 37.7 Å². The lowest BCUT2D eigenvalue weighted by molar-refractivity contribution is -0.136. The van der Waals surface area contributed by atoms with Crippen LogP contribution in [0.1, 0.15) is 29.5 Å². The Bertz CT molecular complexity index is 546. The first-order valence-electron chi connectivity index (χ1n) is 8.78. The summed E-state index contributed by atoms with van der Waals surface area (Å²) in [6.07, 6.45) is 2.04. The molecular weight excluding hydrogens is 304 g/mol. The molecule has 0 atom stereocenters. The molecule has 2 aliphatic heterocycles. The van der Waals surface area contributed by atoms with Gasteiger partial charge >= 0.3 is 0 Å². The number of nitrogens with zero attached hydrogens (tertiary/aromatic N) is 2. The fraction of sp³-hybridized carbons (Fsp3) is 0.632. The molecule has 0 aromatic heterocycles. The lowest BCUT2D eigenvalue weighted by atomic mass is 9.94. The zero-order valence-electron chi connectivity index (χ0n) is 14.4. The molecule has 0 saturated carbocycles. The van der Waals surface area contributed by atoms with Crippen molar-refractivity contribution in [2.24, 2.45) is 5.92 Å². The smallest absolute Gasteiger partial charge is 0.225 e. The van der Waals surface area contributed by atoms with Crippen molar-refractivity contribution in [3.8, 4) is 0 Å². The lowest BCUT2D eigenvalue weighted by Crippen LogP contribution is -2.45. The largest absolute Gasteiger partial charge is 0.341 e. The van der Waals surface area contributed by atoms with Crippen molar-refractivity contribution in [3.63, 3.8) is 0 Å². The maximum atomic E-state index is 12.6. The van der Waals surface area contributed by atoms with Crippen molar-refractivity contribution in [1.29, 1.82) is 0 Å². The van der Waals surface area contributed by atoms with Gasteiger partial charge in [-0.2, -0.15) is 11.8 Å². The van der Waals surface area contributed by atoms with Crippen LogP contribution in [-0.4, -0.2) is 53.4 Å². The van der Waals surface area contributed by atoms with E-state index >= 15 is 0 Å². The summed E-state index contributed by atoms with van der Waals surface area (Å²) in [4.78, 5) is 17.2. The van der Waals surface area contributed by atoms with Crippen LogP contribution in [0, 0.1) is 19.8 Å². The summed E-state index contributed by atoms with van der Waals surface area (Å²) in [5, 5.41) is 0. The molecule has 0 bridgehead atoms. The van der Waals surface area contributed by atoms with Crippen molar-refractivity contribution < 1.29 is 4.79 Å². The van der Waals surface area contributed by atoms with Gasteiger partial charge in [-0.25, -0.2) is 0 Å². The van der Waals surface area contributed by atoms with E-state index in [1.165, 1.54) is 16.7 Å². The molecule has 2 fully saturated rings. The maximum absolute atomic E-state index is 12.6. The molecular formula is C19H28N2OS. The molecule has 4 heteroatoms. The number of carbonyl (C=O) groups is 1. The Morgan fingerprint density at radius 3 is 2.52 bits per heavy atom. The summed E-state index contributed by atoms with van der Waals surface area (Å²) in [6.45, 7) is 9.37. The molecule has 0 radical (unpaired) electrons. The fourth-order valence-corrected chi connectivity index (χ4v) is 4.49. The quantitative estimate of drug-likeness (QED) is 0.850. The predicted molar refractivity (Wildman–Crippen MR) is 97.8 cm³/mol. The Morgan fingerprint density at radius 1 is 1.13 bits per heavy atom. The molecule has 1 aromatic carbocycles. The Hall–Kier alpha value is -1.00. The van der Waals surface area contributed by atoms with Gasteiger partial charge in [0, 0.05) is 37.1 Å². The number of piperidine rings is 1.